The lowest BCUT2D eigenvalue weighted by Gasteiger charge is -2.11. The van der Waals surface area contributed by atoms with Crippen molar-refractivity contribution >= 4 is 21.6 Å². The second-order valence-electron chi connectivity index (χ2n) is 5.17. The molecule has 0 amide bonds. The summed E-state index contributed by atoms with van der Waals surface area (Å²) in [6.07, 6.45) is 1.91. The Kier molecular flexibility index (Phi) is 5.60. The molecule has 120 valence electrons. The average Bonchev–Trinajstić information content (AvgIpc) is 2.80. The minimum atomic E-state index is -2.96. The van der Waals surface area contributed by atoms with Crippen LogP contribution in [0.3, 0.4) is 0 Å². The molecule has 1 heterocycles. The van der Waals surface area contributed by atoms with Gasteiger partial charge in [-0.25, -0.2) is 8.42 Å². The number of nitrogens with two attached hydrogens (primary N) is 1. The van der Waals surface area contributed by atoms with Gasteiger partial charge in [0.1, 0.15) is 9.84 Å². The van der Waals surface area contributed by atoms with E-state index in [0.29, 0.717) is 23.2 Å². The Morgan fingerprint density at radius 1 is 1.27 bits per heavy atom. The summed E-state index contributed by atoms with van der Waals surface area (Å²) in [7, 11) is -1.11. The molecule has 22 heavy (non-hydrogen) atoms. The Morgan fingerprint density at radius 3 is 2.59 bits per heavy atom. The summed E-state index contributed by atoms with van der Waals surface area (Å²) in [6.45, 7) is 0. The van der Waals surface area contributed by atoms with Gasteiger partial charge in [0.15, 0.2) is 11.0 Å². The second-order valence-corrected chi connectivity index (χ2v) is 8.50. The molecular weight excluding hydrogens is 320 g/mol. The Hall–Kier alpha value is -1.38. The number of thioether (sulfide) groups is 1. The number of hydrogen-bond donors (Lipinski definition) is 1. The van der Waals surface area contributed by atoms with Gasteiger partial charge < -0.3 is 10.3 Å². The topological polar surface area (TPSA) is 90.9 Å². The van der Waals surface area contributed by atoms with Gasteiger partial charge in [0, 0.05) is 19.1 Å². The van der Waals surface area contributed by atoms with Crippen LogP contribution in [-0.4, -0.2) is 40.9 Å². The minimum Gasteiger partial charge on any atom is -0.321 e. The van der Waals surface area contributed by atoms with Crippen LogP contribution in [0.5, 0.6) is 0 Å². The molecule has 6 nitrogen and oxygen atoms in total. The molecule has 2 aromatic rings. The monoisotopic (exact) mass is 340 g/mol. The molecule has 2 N–H and O–H groups in total. The fourth-order valence-electron chi connectivity index (χ4n) is 2.02. The van der Waals surface area contributed by atoms with Gasteiger partial charge in [-0.1, -0.05) is 42.1 Å². The summed E-state index contributed by atoms with van der Waals surface area (Å²) in [5.41, 5.74) is 7.35. The van der Waals surface area contributed by atoms with Gasteiger partial charge in [-0.2, -0.15) is 0 Å². The number of rotatable bonds is 7. The van der Waals surface area contributed by atoms with Gasteiger partial charge in [-0.15, -0.1) is 10.2 Å². The maximum Gasteiger partial charge on any atom is 0.191 e. The smallest absolute Gasteiger partial charge is 0.191 e. The summed E-state index contributed by atoms with van der Waals surface area (Å²) < 4.78 is 24.1. The molecule has 1 atom stereocenters. The summed E-state index contributed by atoms with van der Waals surface area (Å²) in [5.74, 6) is 1.28. The van der Waals surface area contributed by atoms with Gasteiger partial charge >= 0.3 is 0 Å². The SMILES string of the molecule is Cn1c(SCCS(C)(=O)=O)nnc1C(N)Cc1ccccc1. The van der Waals surface area contributed by atoms with E-state index >= 15 is 0 Å². The molecule has 0 fully saturated rings. The van der Waals surface area contributed by atoms with Crippen LogP contribution in [0.15, 0.2) is 35.5 Å². The van der Waals surface area contributed by atoms with E-state index in [1.54, 1.807) is 0 Å². The third-order valence-corrected chi connectivity index (χ3v) is 5.41. The van der Waals surface area contributed by atoms with Crippen LogP contribution in [0.1, 0.15) is 17.4 Å². The van der Waals surface area contributed by atoms with Gasteiger partial charge in [-0.3, -0.25) is 0 Å². The Balaban J connectivity index is 2.00. The maximum atomic E-state index is 11.1. The zero-order valence-corrected chi connectivity index (χ0v) is 14.3. The molecule has 1 aromatic heterocycles. The van der Waals surface area contributed by atoms with Crippen molar-refractivity contribution < 1.29 is 8.42 Å². The first-order chi connectivity index (χ1) is 10.4. The lowest BCUT2D eigenvalue weighted by Crippen LogP contribution is -2.18. The fourth-order valence-corrected chi connectivity index (χ4v) is 4.13. The predicted molar refractivity (Wildman–Crippen MR) is 88.5 cm³/mol. The van der Waals surface area contributed by atoms with E-state index in [1.165, 1.54) is 18.0 Å². The second kappa shape index (κ2) is 7.26. The minimum absolute atomic E-state index is 0.121. The molecule has 0 aliphatic carbocycles. The molecule has 2 rings (SSSR count). The van der Waals surface area contributed by atoms with E-state index in [2.05, 4.69) is 10.2 Å². The van der Waals surface area contributed by atoms with Crippen molar-refractivity contribution in [3.63, 3.8) is 0 Å². The van der Waals surface area contributed by atoms with E-state index in [-0.39, 0.29) is 11.8 Å². The maximum absolute atomic E-state index is 11.1. The zero-order chi connectivity index (χ0) is 16.2. The highest BCUT2D eigenvalue weighted by Gasteiger charge is 2.17. The van der Waals surface area contributed by atoms with Crippen LogP contribution in [0.2, 0.25) is 0 Å². The first-order valence-corrected chi connectivity index (χ1v) is 9.91. The zero-order valence-electron chi connectivity index (χ0n) is 12.6. The van der Waals surface area contributed by atoms with E-state index in [4.69, 9.17) is 5.73 Å². The van der Waals surface area contributed by atoms with Crippen LogP contribution in [0, 0.1) is 0 Å². The van der Waals surface area contributed by atoms with Gasteiger partial charge in [0.25, 0.3) is 0 Å². The largest absolute Gasteiger partial charge is 0.321 e. The summed E-state index contributed by atoms with van der Waals surface area (Å²) in [6, 6.07) is 9.73. The van der Waals surface area contributed by atoms with E-state index in [0.717, 1.165) is 5.56 Å². The Labute approximate surface area is 135 Å². The summed E-state index contributed by atoms with van der Waals surface area (Å²) in [4.78, 5) is 0. The molecular formula is C14H20N4O2S2. The summed E-state index contributed by atoms with van der Waals surface area (Å²) in [5, 5.41) is 8.93. The molecule has 0 bridgehead atoms. The Morgan fingerprint density at radius 2 is 1.95 bits per heavy atom. The van der Waals surface area contributed by atoms with Crippen molar-refractivity contribution in [2.45, 2.75) is 17.6 Å². The van der Waals surface area contributed by atoms with Gasteiger partial charge in [0.2, 0.25) is 0 Å². The third-order valence-electron chi connectivity index (χ3n) is 3.18. The normalized spacial score (nSPS) is 13.2. The first-order valence-electron chi connectivity index (χ1n) is 6.86. The molecule has 8 heteroatoms. The highest BCUT2D eigenvalue weighted by atomic mass is 32.2. The lowest BCUT2D eigenvalue weighted by atomic mass is 10.1. The fraction of sp³-hybridized carbons (Fsp3) is 0.429. The molecule has 0 radical (unpaired) electrons. The van der Waals surface area contributed by atoms with Crippen LogP contribution >= 0.6 is 11.8 Å². The molecule has 1 unspecified atom stereocenters. The molecule has 0 aliphatic heterocycles. The summed E-state index contributed by atoms with van der Waals surface area (Å²) >= 11 is 1.37. The lowest BCUT2D eigenvalue weighted by molar-refractivity contribution is 0.603. The quantitative estimate of drug-likeness (QED) is 0.762. The van der Waals surface area contributed by atoms with Crippen molar-refractivity contribution in [2.24, 2.45) is 12.8 Å². The number of benzene rings is 1. The molecule has 0 spiro atoms. The third kappa shape index (κ3) is 4.82. The molecule has 0 saturated heterocycles. The average molecular weight is 340 g/mol. The van der Waals surface area contributed by atoms with Gasteiger partial charge in [0.05, 0.1) is 11.8 Å². The van der Waals surface area contributed by atoms with E-state index in [1.807, 2.05) is 41.9 Å². The highest BCUT2D eigenvalue weighted by molar-refractivity contribution is 8.00. The molecule has 0 saturated carbocycles. The van der Waals surface area contributed by atoms with Crippen molar-refractivity contribution in [3.05, 3.63) is 41.7 Å². The van der Waals surface area contributed by atoms with Crippen molar-refractivity contribution in [3.8, 4) is 0 Å². The van der Waals surface area contributed by atoms with Crippen molar-refractivity contribution in [2.75, 3.05) is 17.8 Å². The molecule has 0 aliphatic rings. The van der Waals surface area contributed by atoms with Crippen LogP contribution in [-0.2, 0) is 23.3 Å². The molecule has 1 aromatic carbocycles. The standard InChI is InChI=1S/C14H20N4O2S2/c1-18-13(12(15)10-11-6-4-3-5-7-11)16-17-14(18)21-8-9-22(2,19)20/h3-7,12H,8-10,15H2,1-2H3. The van der Waals surface area contributed by atoms with Crippen LogP contribution < -0.4 is 5.73 Å². The van der Waals surface area contributed by atoms with Crippen molar-refractivity contribution in [1.29, 1.82) is 0 Å². The number of aromatic nitrogens is 3. The van der Waals surface area contributed by atoms with Gasteiger partial charge in [-0.05, 0) is 12.0 Å². The predicted octanol–water partition coefficient (Wildman–Crippen LogP) is 1.19. The first kappa shape index (κ1) is 17.0. The van der Waals surface area contributed by atoms with Crippen molar-refractivity contribution in [1.82, 2.24) is 14.8 Å². The number of hydrogen-bond acceptors (Lipinski definition) is 6. The number of sulfone groups is 1. The highest BCUT2D eigenvalue weighted by Crippen LogP contribution is 2.20. The Bertz CT molecular complexity index is 714. The van der Waals surface area contributed by atoms with E-state index < -0.39 is 9.84 Å². The van der Waals surface area contributed by atoms with Crippen LogP contribution in [0.25, 0.3) is 0 Å². The number of nitrogens with zero attached hydrogens (tertiary/aromatic N) is 3. The van der Waals surface area contributed by atoms with E-state index in [9.17, 15) is 8.42 Å². The van der Waals surface area contributed by atoms with Crippen LogP contribution in [0.4, 0.5) is 0 Å².